The molecule has 0 spiro atoms. The first-order chi connectivity index (χ1) is 12.7. The molecular weight excluding hydrogens is 350 g/mol. The van der Waals surface area contributed by atoms with Gasteiger partial charge >= 0.3 is 0 Å². The van der Waals surface area contributed by atoms with Gasteiger partial charge in [-0.25, -0.2) is 0 Å². The Bertz CT molecular complexity index is 455. The number of carbonyl (C=O) groups is 3. The number of carbonyl (C=O) groups excluding carboxylic acids is 3. The Balaban J connectivity index is 3.74. The van der Waals surface area contributed by atoms with E-state index in [2.05, 4.69) is 16.0 Å². The van der Waals surface area contributed by atoms with E-state index in [1.54, 1.807) is 13.8 Å². The molecule has 0 aromatic carbocycles. The van der Waals surface area contributed by atoms with Gasteiger partial charge < -0.3 is 25.4 Å². The van der Waals surface area contributed by atoms with Crippen molar-refractivity contribution in [1.82, 2.24) is 16.0 Å². The van der Waals surface area contributed by atoms with Crippen LogP contribution < -0.4 is 16.0 Å². The molecular formula is C19H37N3O5. The molecule has 0 heterocycles. The van der Waals surface area contributed by atoms with Gasteiger partial charge in [0.1, 0.15) is 5.60 Å². The van der Waals surface area contributed by atoms with Crippen LogP contribution in [0, 0.1) is 0 Å². The number of nitrogens with one attached hydrogen (secondary N) is 3. The SMILES string of the molecule is CCCNC(=O)C(C)(C)OCCC(C)OCCNC(=O)CCCNC(C)=O. The maximum absolute atomic E-state index is 12.0. The smallest absolute Gasteiger partial charge is 0.251 e. The van der Waals surface area contributed by atoms with Crippen LogP contribution in [0.4, 0.5) is 0 Å². The molecule has 0 aromatic heterocycles. The summed E-state index contributed by atoms with van der Waals surface area (Å²) in [5, 5.41) is 8.26. The molecule has 1 unspecified atom stereocenters. The highest BCUT2D eigenvalue weighted by atomic mass is 16.5. The normalized spacial score (nSPS) is 12.3. The molecule has 158 valence electrons. The number of rotatable bonds is 15. The zero-order valence-corrected chi connectivity index (χ0v) is 17.5. The molecule has 3 N–H and O–H groups in total. The first kappa shape index (κ1) is 25.3. The Kier molecular flexibility index (Phi) is 13.5. The largest absolute Gasteiger partial charge is 0.377 e. The van der Waals surface area contributed by atoms with Gasteiger partial charge in [0.25, 0.3) is 5.91 Å². The molecule has 8 heteroatoms. The van der Waals surface area contributed by atoms with Gasteiger partial charge in [0, 0.05) is 33.0 Å². The average Bonchev–Trinajstić information content (AvgIpc) is 2.60. The van der Waals surface area contributed by atoms with Crippen molar-refractivity contribution >= 4 is 17.7 Å². The van der Waals surface area contributed by atoms with Gasteiger partial charge in [-0.05, 0) is 40.0 Å². The summed E-state index contributed by atoms with van der Waals surface area (Å²) >= 11 is 0. The molecule has 0 fully saturated rings. The summed E-state index contributed by atoms with van der Waals surface area (Å²) in [6, 6.07) is 0. The van der Waals surface area contributed by atoms with Crippen LogP contribution in [0.5, 0.6) is 0 Å². The quantitative estimate of drug-likeness (QED) is 0.365. The van der Waals surface area contributed by atoms with Crippen molar-refractivity contribution in [3.63, 3.8) is 0 Å². The molecule has 0 aliphatic carbocycles. The Labute approximate surface area is 163 Å². The zero-order valence-electron chi connectivity index (χ0n) is 17.5. The molecule has 0 aliphatic heterocycles. The fourth-order valence-corrected chi connectivity index (χ4v) is 2.13. The lowest BCUT2D eigenvalue weighted by Gasteiger charge is -2.25. The van der Waals surface area contributed by atoms with E-state index in [1.807, 2.05) is 13.8 Å². The third-order valence-electron chi connectivity index (χ3n) is 3.85. The highest BCUT2D eigenvalue weighted by molar-refractivity contribution is 5.84. The van der Waals surface area contributed by atoms with Crippen molar-refractivity contribution in [2.24, 2.45) is 0 Å². The summed E-state index contributed by atoms with van der Waals surface area (Å²) in [6.07, 6.45) is 2.50. The summed E-state index contributed by atoms with van der Waals surface area (Å²) < 4.78 is 11.3. The van der Waals surface area contributed by atoms with Crippen LogP contribution in [-0.4, -0.2) is 62.3 Å². The summed E-state index contributed by atoms with van der Waals surface area (Å²) in [7, 11) is 0. The van der Waals surface area contributed by atoms with Crippen molar-refractivity contribution in [1.29, 1.82) is 0 Å². The number of amides is 3. The lowest BCUT2D eigenvalue weighted by atomic mass is 10.1. The Morgan fingerprint density at radius 1 is 1.00 bits per heavy atom. The van der Waals surface area contributed by atoms with Gasteiger partial charge in [0.15, 0.2) is 0 Å². The molecule has 0 saturated carbocycles. The van der Waals surface area contributed by atoms with E-state index in [0.717, 1.165) is 6.42 Å². The van der Waals surface area contributed by atoms with E-state index in [1.165, 1.54) is 6.92 Å². The Morgan fingerprint density at radius 2 is 1.70 bits per heavy atom. The topological polar surface area (TPSA) is 106 Å². The molecule has 3 amide bonds. The molecule has 1 atom stereocenters. The maximum Gasteiger partial charge on any atom is 0.251 e. The van der Waals surface area contributed by atoms with Crippen molar-refractivity contribution in [2.45, 2.75) is 72.0 Å². The number of hydrogen-bond acceptors (Lipinski definition) is 5. The fourth-order valence-electron chi connectivity index (χ4n) is 2.13. The van der Waals surface area contributed by atoms with Gasteiger partial charge in [0.2, 0.25) is 11.8 Å². The molecule has 0 rings (SSSR count). The zero-order chi connectivity index (χ0) is 20.7. The van der Waals surface area contributed by atoms with Crippen LogP contribution in [0.15, 0.2) is 0 Å². The second-order valence-corrected chi connectivity index (χ2v) is 7.02. The summed E-state index contributed by atoms with van der Waals surface area (Å²) in [6.45, 7) is 11.3. The standard InChI is InChI=1S/C19H37N3O5/c1-6-10-22-18(25)19(4,5)27-13-9-15(2)26-14-12-21-17(24)8-7-11-20-16(3)23/h15H,6-14H2,1-5H3,(H,20,23)(H,21,24)(H,22,25). The number of ether oxygens (including phenoxy) is 2. The van der Waals surface area contributed by atoms with Crippen molar-refractivity contribution < 1.29 is 23.9 Å². The summed E-state index contributed by atoms with van der Waals surface area (Å²) in [4.78, 5) is 34.3. The Morgan fingerprint density at radius 3 is 2.33 bits per heavy atom. The van der Waals surface area contributed by atoms with Crippen molar-refractivity contribution in [3.05, 3.63) is 0 Å². The molecule has 0 aliphatic rings. The third kappa shape index (κ3) is 14.1. The lowest BCUT2D eigenvalue weighted by Crippen LogP contribution is -2.44. The second-order valence-electron chi connectivity index (χ2n) is 7.02. The molecule has 0 bridgehead atoms. The van der Waals surface area contributed by atoms with Gasteiger partial charge in [-0.3, -0.25) is 14.4 Å². The maximum atomic E-state index is 12.0. The summed E-state index contributed by atoms with van der Waals surface area (Å²) in [5.74, 6) is -0.259. The fraction of sp³-hybridized carbons (Fsp3) is 0.842. The van der Waals surface area contributed by atoms with E-state index >= 15 is 0 Å². The first-order valence-corrected chi connectivity index (χ1v) is 9.74. The highest BCUT2D eigenvalue weighted by Gasteiger charge is 2.27. The monoisotopic (exact) mass is 387 g/mol. The molecule has 0 aromatic rings. The predicted molar refractivity (Wildman–Crippen MR) is 104 cm³/mol. The van der Waals surface area contributed by atoms with Gasteiger partial charge in [-0.15, -0.1) is 0 Å². The van der Waals surface area contributed by atoms with E-state index < -0.39 is 5.60 Å². The van der Waals surface area contributed by atoms with Crippen LogP contribution in [0.1, 0.15) is 60.3 Å². The third-order valence-corrected chi connectivity index (χ3v) is 3.85. The van der Waals surface area contributed by atoms with Crippen LogP contribution >= 0.6 is 0 Å². The van der Waals surface area contributed by atoms with E-state index in [-0.39, 0.29) is 23.8 Å². The Hall–Kier alpha value is -1.67. The van der Waals surface area contributed by atoms with Crippen LogP contribution in [0.2, 0.25) is 0 Å². The second kappa shape index (κ2) is 14.4. The molecule has 0 radical (unpaired) electrons. The van der Waals surface area contributed by atoms with Crippen molar-refractivity contribution in [2.75, 3.05) is 32.8 Å². The first-order valence-electron chi connectivity index (χ1n) is 9.74. The van der Waals surface area contributed by atoms with E-state index in [4.69, 9.17) is 9.47 Å². The van der Waals surface area contributed by atoms with Gasteiger partial charge in [0.05, 0.1) is 19.3 Å². The summed E-state index contributed by atoms with van der Waals surface area (Å²) in [5.41, 5.74) is -0.861. The highest BCUT2D eigenvalue weighted by Crippen LogP contribution is 2.11. The van der Waals surface area contributed by atoms with Crippen molar-refractivity contribution in [3.8, 4) is 0 Å². The average molecular weight is 388 g/mol. The minimum atomic E-state index is -0.861. The molecule has 27 heavy (non-hydrogen) atoms. The van der Waals surface area contributed by atoms with E-state index in [0.29, 0.717) is 52.1 Å². The minimum absolute atomic E-state index is 0.0313. The molecule has 0 saturated heterocycles. The van der Waals surface area contributed by atoms with Gasteiger partial charge in [-0.1, -0.05) is 6.92 Å². The van der Waals surface area contributed by atoms with E-state index in [9.17, 15) is 14.4 Å². The lowest BCUT2D eigenvalue weighted by molar-refractivity contribution is -0.143. The van der Waals surface area contributed by atoms with Crippen LogP contribution in [0.3, 0.4) is 0 Å². The minimum Gasteiger partial charge on any atom is -0.377 e. The number of hydrogen-bond donors (Lipinski definition) is 3. The van der Waals surface area contributed by atoms with Gasteiger partial charge in [-0.2, -0.15) is 0 Å². The predicted octanol–water partition coefficient (Wildman–Crippen LogP) is 1.14. The van der Waals surface area contributed by atoms with Crippen LogP contribution in [-0.2, 0) is 23.9 Å². The molecule has 8 nitrogen and oxygen atoms in total. The van der Waals surface area contributed by atoms with Crippen LogP contribution in [0.25, 0.3) is 0 Å².